The van der Waals surface area contributed by atoms with Gasteiger partial charge in [-0.2, -0.15) is 0 Å². The van der Waals surface area contributed by atoms with E-state index in [1.807, 2.05) is 24.4 Å². The average Bonchev–Trinajstić information content (AvgIpc) is 2.39. The zero-order valence-corrected chi connectivity index (χ0v) is 10.6. The Morgan fingerprint density at radius 3 is 2.78 bits per heavy atom. The minimum Gasteiger partial charge on any atom is -0.308 e. The van der Waals surface area contributed by atoms with E-state index in [-0.39, 0.29) is 0 Å². The van der Waals surface area contributed by atoms with E-state index in [4.69, 9.17) is 5.84 Å². The number of nitrogens with one attached hydrogen (secondary N) is 1. The summed E-state index contributed by atoms with van der Waals surface area (Å²) in [7, 11) is 0. The van der Waals surface area contributed by atoms with Crippen molar-refractivity contribution in [1.82, 2.24) is 15.0 Å². The fourth-order valence-corrected chi connectivity index (χ4v) is 1.65. The van der Waals surface area contributed by atoms with Crippen LogP contribution in [0.25, 0.3) is 0 Å². The van der Waals surface area contributed by atoms with Crippen molar-refractivity contribution in [3.05, 3.63) is 47.7 Å². The summed E-state index contributed by atoms with van der Waals surface area (Å²) in [5.41, 5.74) is 4.65. The second kappa shape index (κ2) is 5.55. The molecule has 0 atom stereocenters. The summed E-state index contributed by atoms with van der Waals surface area (Å²) in [5.74, 6) is 7.17. The average molecular weight is 243 g/mol. The van der Waals surface area contributed by atoms with E-state index < -0.39 is 0 Å². The van der Waals surface area contributed by atoms with Gasteiger partial charge >= 0.3 is 0 Å². The molecule has 0 aliphatic heterocycles. The maximum Gasteiger partial charge on any atom is 0.143 e. The van der Waals surface area contributed by atoms with Crippen molar-refractivity contribution in [2.24, 2.45) is 5.84 Å². The first-order valence-corrected chi connectivity index (χ1v) is 5.92. The number of rotatable bonds is 4. The van der Waals surface area contributed by atoms with Crippen molar-refractivity contribution >= 4 is 5.82 Å². The van der Waals surface area contributed by atoms with Gasteiger partial charge in [0.15, 0.2) is 0 Å². The highest BCUT2D eigenvalue weighted by molar-refractivity contribution is 5.36. The summed E-state index contributed by atoms with van der Waals surface area (Å²) >= 11 is 0. The Kier molecular flexibility index (Phi) is 3.84. The number of pyridine rings is 1. The molecule has 0 aromatic carbocycles. The van der Waals surface area contributed by atoms with Crippen LogP contribution in [0.2, 0.25) is 0 Å². The third kappa shape index (κ3) is 3.01. The lowest BCUT2D eigenvalue weighted by Gasteiger charge is -2.09. The van der Waals surface area contributed by atoms with Gasteiger partial charge in [0.25, 0.3) is 0 Å². The van der Waals surface area contributed by atoms with Gasteiger partial charge in [0.2, 0.25) is 0 Å². The van der Waals surface area contributed by atoms with Crippen LogP contribution in [-0.2, 0) is 6.42 Å². The molecule has 0 bridgehead atoms. The summed E-state index contributed by atoms with van der Waals surface area (Å²) in [6, 6.07) is 5.79. The third-order valence-corrected chi connectivity index (χ3v) is 2.62. The van der Waals surface area contributed by atoms with Crippen LogP contribution in [0.15, 0.2) is 30.6 Å². The number of nitrogens with two attached hydrogens (primary N) is 1. The molecule has 0 spiro atoms. The minimum absolute atomic E-state index is 0.341. The number of aromatic nitrogens is 3. The number of hydrogen-bond donors (Lipinski definition) is 2. The lowest BCUT2D eigenvalue weighted by molar-refractivity contribution is 0.791. The molecule has 2 heterocycles. The van der Waals surface area contributed by atoms with Gasteiger partial charge in [0, 0.05) is 30.6 Å². The van der Waals surface area contributed by atoms with Crippen molar-refractivity contribution in [3.63, 3.8) is 0 Å². The molecule has 94 valence electrons. The highest BCUT2D eigenvalue weighted by atomic mass is 15.3. The number of nitrogens with zero attached hydrogens (tertiary/aromatic N) is 3. The molecule has 0 radical (unpaired) electrons. The van der Waals surface area contributed by atoms with Crippen LogP contribution in [0.4, 0.5) is 5.82 Å². The Morgan fingerprint density at radius 1 is 1.33 bits per heavy atom. The molecule has 0 aliphatic carbocycles. The summed E-state index contributed by atoms with van der Waals surface area (Å²) in [5, 5.41) is 0. The number of anilines is 1. The van der Waals surface area contributed by atoms with Crippen molar-refractivity contribution in [2.45, 2.75) is 26.2 Å². The van der Waals surface area contributed by atoms with Gasteiger partial charge in [-0.05, 0) is 17.5 Å². The van der Waals surface area contributed by atoms with E-state index in [0.29, 0.717) is 18.2 Å². The first-order chi connectivity index (χ1) is 8.69. The van der Waals surface area contributed by atoms with E-state index in [1.165, 1.54) is 0 Å². The Bertz CT molecular complexity index is 510. The van der Waals surface area contributed by atoms with Crippen molar-refractivity contribution in [1.29, 1.82) is 0 Å². The molecule has 3 N–H and O–H groups in total. The molecule has 0 amide bonds. The quantitative estimate of drug-likeness (QED) is 0.633. The molecule has 0 unspecified atom stereocenters. The monoisotopic (exact) mass is 243 g/mol. The molecular weight excluding hydrogens is 226 g/mol. The van der Waals surface area contributed by atoms with E-state index in [2.05, 4.69) is 34.2 Å². The van der Waals surface area contributed by atoms with Gasteiger partial charge in [0.1, 0.15) is 11.6 Å². The van der Waals surface area contributed by atoms with Gasteiger partial charge in [-0.25, -0.2) is 15.8 Å². The van der Waals surface area contributed by atoms with Gasteiger partial charge in [-0.3, -0.25) is 4.98 Å². The van der Waals surface area contributed by atoms with Crippen molar-refractivity contribution < 1.29 is 0 Å². The van der Waals surface area contributed by atoms with Crippen LogP contribution >= 0.6 is 0 Å². The Hall–Kier alpha value is -2.01. The van der Waals surface area contributed by atoms with Gasteiger partial charge < -0.3 is 5.43 Å². The number of hydrazine groups is 1. The summed E-state index contributed by atoms with van der Waals surface area (Å²) in [6.07, 6.45) is 4.23. The van der Waals surface area contributed by atoms with Gasteiger partial charge in [-0.1, -0.05) is 19.9 Å². The molecule has 0 aliphatic rings. The van der Waals surface area contributed by atoms with Crippen LogP contribution in [0.1, 0.15) is 36.8 Å². The molecule has 0 fully saturated rings. The molecule has 2 rings (SSSR count). The summed E-state index contributed by atoms with van der Waals surface area (Å²) < 4.78 is 0. The van der Waals surface area contributed by atoms with E-state index >= 15 is 0 Å². The Balaban J connectivity index is 2.30. The van der Waals surface area contributed by atoms with Crippen molar-refractivity contribution in [2.75, 3.05) is 5.43 Å². The fraction of sp³-hybridized carbons (Fsp3) is 0.308. The van der Waals surface area contributed by atoms with E-state index in [0.717, 1.165) is 17.1 Å². The number of nitrogen functional groups attached to an aromatic ring is 1. The zero-order chi connectivity index (χ0) is 13.0. The summed E-state index contributed by atoms with van der Waals surface area (Å²) in [4.78, 5) is 13.0. The van der Waals surface area contributed by atoms with Crippen LogP contribution in [-0.4, -0.2) is 15.0 Å². The molecule has 0 saturated carbocycles. The second-order valence-electron chi connectivity index (χ2n) is 4.43. The molecule has 5 heteroatoms. The molecule has 2 aromatic heterocycles. The Morgan fingerprint density at radius 2 is 2.17 bits per heavy atom. The maximum absolute atomic E-state index is 5.43. The molecule has 5 nitrogen and oxygen atoms in total. The van der Waals surface area contributed by atoms with Crippen LogP contribution in [0.5, 0.6) is 0 Å². The van der Waals surface area contributed by atoms with Gasteiger partial charge in [-0.15, -0.1) is 0 Å². The van der Waals surface area contributed by atoms with Gasteiger partial charge in [0.05, 0.1) is 0 Å². The van der Waals surface area contributed by atoms with Crippen LogP contribution in [0.3, 0.4) is 0 Å². The topological polar surface area (TPSA) is 76.7 Å². The normalized spacial score (nSPS) is 10.7. The second-order valence-corrected chi connectivity index (χ2v) is 4.43. The van der Waals surface area contributed by atoms with Crippen LogP contribution < -0.4 is 11.3 Å². The first kappa shape index (κ1) is 12.4. The first-order valence-electron chi connectivity index (χ1n) is 5.92. The SMILES string of the molecule is CC(C)c1cc(NN)nc(Cc2cccnc2)n1. The van der Waals surface area contributed by atoms with E-state index in [1.54, 1.807) is 6.20 Å². The van der Waals surface area contributed by atoms with E-state index in [9.17, 15) is 0 Å². The minimum atomic E-state index is 0.341. The fourth-order valence-electron chi connectivity index (χ4n) is 1.65. The molecule has 2 aromatic rings. The zero-order valence-electron chi connectivity index (χ0n) is 10.6. The molecular formula is C13H17N5. The summed E-state index contributed by atoms with van der Waals surface area (Å²) in [6.45, 7) is 4.19. The smallest absolute Gasteiger partial charge is 0.143 e. The molecule has 0 saturated heterocycles. The highest BCUT2D eigenvalue weighted by Gasteiger charge is 2.08. The predicted octanol–water partition coefficient (Wildman–Crippen LogP) is 1.87. The predicted molar refractivity (Wildman–Crippen MR) is 71.0 cm³/mol. The third-order valence-electron chi connectivity index (χ3n) is 2.62. The lowest BCUT2D eigenvalue weighted by Crippen LogP contribution is -2.12. The molecule has 18 heavy (non-hydrogen) atoms. The number of hydrogen-bond acceptors (Lipinski definition) is 5. The largest absolute Gasteiger partial charge is 0.308 e. The lowest BCUT2D eigenvalue weighted by atomic mass is 10.1. The Labute approximate surface area is 106 Å². The van der Waals surface area contributed by atoms with Crippen LogP contribution in [0, 0.1) is 0 Å². The highest BCUT2D eigenvalue weighted by Crippen LogP contribution is 2.16. The van der Waals surface area contributed by atoms with Crippen molar-refractivity contribution in [3.8, 4) is 0 Å². The standard InChI is InChI=1S/C13H17N5/c1-9(2)11-7-13(18-14)17-12(16-11)6-10-4-3-5-15-8-10/h3-5,7-9H,6,14H2,1-2H3,(H,16,17,18). The maximum atomic E-state index is 5.43.